The molecule has 2 fully saturated rings. The third-order valence-electron chi connectivity index (χ3n) is 6.14. The molecule has 0 spiro atoms. The first-order valence-corrected chi connectivity index (χ1v) is 10.6. The zero-order valence-corrected chi connectivity index (χ0v) is 17.6. The van der Waals surface area contributed by atoms with Crippen LogP contribution in [-0.4, -0.2) is 46.2 Å². The average Bonchev–Trinajstić information content (AvgIpc) is 3.07. The fourth-order valence-electron chi connectivity index (χ4n) is 4.54. The minimum Gasteiger partial charge on any atom is -0.479 e. The second kappa shape index (κ2) is 8.09. The van der Waals surface area contributed by atoms with Crippen molar-refractivity contribution in [2.75, 3.05) is 6.61 Å². The number of amides is 1. The first-order valence-electron chi connectivity index (χ1n) is 10.6. The van der Waals surface area contributed by atoms with Gasteiger partial charge < -0.3 is 14.6 Å². The largest absolute Gasteiger partial charge is 0.479 e. The van der Waals surface area contributed by atoms with Gasteiger partial charge in [-0.25, -0.2) is 9.59 Å². The van der Waals surface area contributed by atoms with Gasteiger partial charge in [0.05, 0.1) is 12.0 Å². The van der Waals surface area contributed by atoms with Gasteiger partial charge in [-0.15, -0.1) is 0 Å². The Morgan fingerprint density at radius 3 is 2.55 bits per heavy atom. The number of nitrogens with zero attached hydrogens (tertiary/aromatic N) is 1. The number of esters is 1. The summed E-state index contributed by atoms with van der Waals surface area (Å²) in [4.78, 5) is 38.9. The van der Waals surface area contributed by atoms with Crippen LogP contribution in [0.3, 0.4) is 0 Å². The fraction of sp³-hybridized carbons (Fsp3) is 0.192. The van der Waals surface area contributed by atoms with Crippen LogP contribution in [0.2, 0.25) is 0 Å². The molecule has 1 amide bonds. The molecule has 0 saturated carbocycles. The van der Waals surface area contributed by atoms with E-state index in [0.29, 0.717) is 5.56 Å². The molecular weight excluding hydrogens is 422 g/mol. The molecule has 5 rings (SSSR count). The average molecular weight is 443 g/mol. The number of hydrogen-bond donors (Lipinski definition) is 1. The predicted octanol–water partition coefficient (Wildman–Crippen LogP) is 3.54. The molecule has 33 heavy (non-hydrogen) atoms. The number of carboxylic acids is 1. The highest BCUT2D eigenvalue weighted by Crippen LogP contribution is 2.46. The lowest BCUT2D eigenvalue weighted by atomic mass is 9.85. The summed E-state index contributed by atoms with van der Waals surface area (Å²) >= 11 is 0. The molecule has 0 bridgehead atoms. The van der Waals surface area contributed by atoms with Crippen molar-refractivity contribution in [2.45, 2.75) is 24.6 Å². The molecule has 0 radical (unpaired) electrons. The maximum atomic E-state index is 12.7. The molecule has 0 unspecified atom stereocenters. The number of β-lactam (4-membered cyclic amide) rings is 1. The Kier molecular flexibility index (Phi) is 5.09. The standard InChI is InChI=1S/C26H21NO6/c28-22-15-23-27(22)26(25(30)31,16-17-7-2-1-3-8-17)21(33-23)13-14-32-24(29)20-12-6-10-18-9-4-5-11-19(18)20/h1-13,23H,14-16H2,(H,30,31)/b21-13-/t23-,26-/m1/s1. The Morgan fingerprint density at radius 2 is 1.79 bits per heavy atom. The second-order valence-corrected chi connectivity index (χ2v) is 8.06. The normalized spacial score (nSPS) is 22.5. The van der Waals surface area contributed by atoms with Crippen LogP contribution >= 0.6 is 0 Å². The Balaban J connectivity index is 1.42. The fourth-order valence-corrected chi connectivity index (χ4v) is 4.54. The molecule has 3 aromatic rings. The van der Waals surface area contributed by atoms with E-state index < -0.39 is 23.7 Å². The SMILES string of the molecule is O=C(OC/C=C1\O[C@@H]2CC(=O)N2[C@@]1(Cc1ccccc1)C(=O)O)c1cccc2ccccc12. The van der Waals surface area contributed by atoms with E-state index in [4.69, 9.17) is 9.47 Å². The van der Waals surface area contributed by atoms with Crippen LogP contribution in [0.1, 0.15) is 22.3 Å². The molecule has 2 aliphatic heterocycles. The molecule has 2 aliphatic rings. The van der Waals surface area contributed by atoms with E-state index in [0.717, 1.165) is 16.3 Å². The lowest BCUT2D eigenvalue weighted by Gasteiger charge is -2.40. The van der Waals surface area contributed by atoms with Gasteiger partial charge in [-0.3, -0.25) is 9.69 Å². The minimum absolute atomic E-state index is 0.0501. The zero-order chi connectivity index (χ0) is 23.0. The van der Waals surface area contributed by atoms with Crippen LogP contribution in [0.4, 0.5) is 0 Å². The van der Waals surface area contributed by atoms with Crippen LogP contribution < -0.4 is 0 Å². The van der Waals surface area contributed by atoms with E-state index in [-0.39, 0.29) is 31.1 Å². The van der Waals surface area contributed by atoms with Crippen molar-refractivity contribution >= 4 is 28.6 Å². The third-order valence-corrected chi connectivity index (χ3v) is 6.14. The molecule has 0 aliphatic carbocycles. The van der Waals surface area contributed by atoms with E-state index in [1.807, 2.05) is 48.5 Å². The van der Waals surface area contributed by atoms with E-state index in [9.17, 15) is 19.5 Å². The Morgan fingerprint density at radius 1 is 1.06 bits per heavy atom. The van der Waals surface area contributed by atoms with E-state index in [1.165, 1.54) is 11.0 Å². The highest BCUT2D eigenvalue weighted by Gasteiger charge is 2.64. The van der Waals surface area contributed by atoms with Gasteiger partial charge in [-0.1, -0.05) is 66.7 Å². The number of rotatable bonds is 6. The monoisotopic (exact) mass is 443 g/mol. The molecule has 1 N–H and O–H groups in total. The summed E-state index contributed by atoms with van der Waals surface area (Å²) in [7, 11) is 0. The van der Waals surface area contributed by atoms with Crippen LogP contribution in [0.5, 0.6) is 0 Å². The quantitative estimate of drug-likeness (QED) is 0.463. The van der Waals surface area contributed by atoms with Crippen LogP contribution in [0.25, 0.3) is 10.8 Å². The van der Waals surface area contributed by atoms with Crippen molar-refractivity contribution in [3.05, 3.63) is 95.8 Å². The van der Waals surface area contributed by atoms with E-state index in [2.05, 4.69) is 0 Å². The van der Waals surface area contributed by atoms with Crippen molar-refractivity contribution in [3.8, 4) is 0 Å². The summed E-state index contributed by atoms with van der Waals surface area (Å²) in [6.07, 6.45) is 0.995. The Hall–Kier alpha value is -4.13. The highest BCUT2D eigenvalue weighted by atomic mass is 16.5. The zero-order valence-electron chi connectivity index (χ0n) is 17.6. The Labute approximate surface area is 189 Å². The smallest absolute Gasteiger partial charge is 0.339 e. The molecular formula is C26H21NO6. The van der Waals surface area contributed by atoms with Crippen molar-refractivity contribution in [2.24, 2.45) is 0 Å². The number of carboxylic acid groups (broad SMARTS) is 1. The number of carbonyl (C=O) groups excluding carboxylic acids is 2. The first kappa shape index (κ1) is 20.8. The van der Waals surface area contributed by atoms with Gasteiger partial charge in [0.2, 0.25) is 11.4 Å². The molecule has 2 heterocycles. The number of aliphatic carboxylic acids is 1. The molecule has 7 heteroatoms. The van der Waals surface area contributed by atoms with Gasteiger partial charge in [0.25, 0.3) is 0 Å². The van der Waals surface area contributed by atoms with E-state index in [1.54, 1.807) is 24.3 Å². The number of hydrogen-bond acceptors (Lipinski definition) is 5. The minimum atomic E-state index is -1.67. The molecule has 0 aromatic heterocycles. The van der Waals surface area contributed by atoms with Crippen molar-refractivity contribution in [3.63, 3.8) is 0 Å². The van der Waals surface area contributed by atoms with Gasteiger partial charge in [-0.2, -0.15) is 0 Å². The van der Waals surface area contributed by atoms with Crippen LogP contribution in [0.15, 0.2) is 84.6 Å². The summed E-state index contributed by atoms with van der Waals surface area (Å²) in [6.45, 7) is -0.185. The summed E-state index contributed by atoms with van der Waals surface area (Å²) in [5.74, 6) is -1.88. The predicted molar refractivity (Wildman–Crippen MR) is 119 cm³/mol. The third kappa shape index (κ3) is 3.42. The summed E-state index contributed by atoms with van der Waals surface area (Å²) in [6, 6.07) is 21.9. The summed E-state index contributed by atoms with van der Waals surface area (Å²) in [5.41, 5.74) is -0.498. The second-order valence-electron chi connectivity index (χ2n) is 8.06. The first-order chi connectivity index (χ1) is 16.0. The number of benzene rings is 3. The lowest BCUT2D eigenvalue weighted by Crippen LogP contribution is -2.63. The van der Waals surface area contributed by atoms with Gasteiger partial charge in [0.15, 0.2) is 6.23 Å². The summed E-state index contributed by atoms with van der Waals surface area (Å²) in [5, 5.41) is 11.9. The van der Waals surface area contributed by atoms with Crippen molar-refractivity contribution in [1.29, 1.82) is 0 Å². The molecule has 2 atom stereocenters. The van der Waals surface area contributed by atoms with E-state index >= 15 is 0 Å². The summed E-state index contributed by atoms with van der Waals surface area (Å²) < 4.78 is 11.3. The Bertz CT molecular complexity index is 1280. The lowest BCUT2D eigenvalue weighted by molar-refractivity contribution is -0.170. The number of carbonyl (C=O) groups is 3. The van der Waals surface area contributed by atoms with Crippen LogP contribution in [-0.2, 0) is 25.5 Å². The topological polar surface area (TPSA) is 93.1 Å². The van der Waals surface area contributed by atoms with Crippen LogP contribution in [0, 0.1) is 0 Å². The number of fused-ring (bicyclic) bond motifs is 2. The molecule has 3 aromatic carbocycles. The van der Waals surface area contributed by atoms with Gasteiger partial charge in [-0.05, 0) is 28.5 Å². The molecule has 2 saturated heterocycles. The maximum Gasteiger partial charge on any atom is 0.339 e. The molecule has 7 nitrogen and oxygen atoms in total. The number of ether oxygens (including phenoxy) is 2. The van der Waals surface area contributed by atoms with Gasteiger partial charge in [0.1, 0.15) is 12.4 Å². The van der Waals surface area contributed by atoms with Gasteiger partial charge in [0, 0.05) is 6.42 Å². The highest BCUT2D eigenvalue weighted by molar-refractivity contribution is 6.04. The van der Waals surface area contributed by atoms with Crippen molar-refractivity contribution in [1.82, 2.24) is 4.90 Å². The maximum absolute atomic E-state index is 12.7. The van der Waals surface area contributed by atoms with Crippen molar-refractivity contribution < 1.29 is 29.0 Å². The van der Waals surface area contributed by atoms with Gasteiger partial charge >= 0.3 is 11.9 Å². The molecule has 166 valence electrons.